The van der Waals surface area contributed by atoms with E-state index >= 15 is 0 Å². The number of esters is 1. The highest BCUT2D eigenvalue weighted by Gasteiger charge is 2.34. The van der Waals surface area contributed by atoms with Crippen LogP contribution < -0.4 is 0 Å². The van der Waals surface area contributed by atoms with Crippen LogP contribution in [0.4, 0.5) is 13.2 Å². The molecule has 0 bridgehead atoms. The maximum atomic E-state index is 12.9. The summed E-state index contributed by atoms with van der Waals surface area (Å²) in [5.74, 6) is -1.31. The molecule has 4 nitrogen and oxygen atoms in total. The summed E-state index contributed by atoms with van der Waals surface area (Å²) in [6.45, 7) is 0. The van der Waals surface area contributed by atoms with Crippen LogP contribution >= 0.6 is 0 Å². The molecule has 120 valence electrons. The lowest BCUT2D eigenvalue weighted by molar-refractivity contribution is -0.137. The summed E-state index contributed by atoms with van der Waals surface area (Å²) in [6, 6.07) is 7.41. The van der Waals surface area contributed by atoms with Gasteiger partial charge in [-0.25, -0.2) is 9.78 Å². The van der Waals surface area contributed by atoms with Gasteiger partial charge in [-0.05, 0) is 17.7 Å². The number of halogens is 3. The van der Waals surface area contributed by atoms with Gasteiger partial charge in [0, 0.05) is 18.2 Å². The predicted molar refractivity (Wildman–Crippen MR) is 75.1 cm³/mol. The van der Waals surface area contributed by atoms with E-state index in [1.165, 1.54) is 37.6 Å². The van der Waals surface area contributed by atoms with Crippen molar-refractivity contribution in [1.82, 2.24) is 4.98 Å². The first-order chi connectivity index (χ1) is 10.8. The van der Waals surface area contributed by atoms with Gasteiger partial charge in [0.1, 0.15) is 5.69 Å². The second-order valence-electron chi connectivity index (χ2n) is 4.69. The number of hydrogen-bond donors (Lipinski definition) is 0. The van der Waals surface area contributed by atoms with Crippen molar-refractivity contribution >= 4 is 11.8 Å². The zero-order valence-corrected chi connectivity index (χ0v) is 12.1. The van der Waals surface area contributed by atoms with Crippen LogP contribution in [0.25, 0.3) is 0 Å². The first kappa shape index (κ1) is 16.7. The Morgan fingerprint density at radius 3 is 2.39 bits per heavy atom. The van der Waals surface area contributed by atoms with E-state index in [-0.39, 0.29) is 12.1 Å². The summed E-state index contributed by atoms with van der Waals surface area (Å²) >= 11 is 0. The van der Waals surface area contributed by atoms with Crippen LogP contribution in [0, 0.1) is 0 Å². The smallest absolute Gasteiger partial charge is 0.417 e. The monoisotopic (exact) mass is 323 g/mol. The van der Waals surface area contributed by atoms with Crippen LogP contribution in [0.2, 0.25) is 0 Å². The molecule has 2 rings (SSSR count). The number of benzene rings is 1. The number of carbonyl (C=O) groups is 2. The predicted octanol–water partition coefficient (Wildman–Crippen LogP) is 3.31. The van der Waals surface area contributed by atoms with E-state index in [0.29, 0.717) is 5.56 Å². The minimum Gasteiger partial charge on any atom is -0.464 e. The van der Waals surface area contributed by atoms with Crippen LogP contribution in [0.1, 0.15) is 32.0 Å². The summed E-state index contributed by atoms with van der Waals surface area (Å²) in [5.41, 5.74) is -0.903. The molecule has 0 amide bonds. The molecule has 7 heteroatoms. The lowest BCUT2D eigenvalue weighted by Crippen LogP contribution is -2.14. The molecule has 23 heavy (non-hydrogen) atoms. The quantitative estimate of drug-likeness (QED) is 0.640. The summed E-state index contributed by atoms with van der Waals surface area (Å²) < 4.78 is 43.2. The molecular formula is C16H12F3NO3. The molecule has 0 unspecified atom stereocenters. The van der Waals surface area contributed by atoms with Crippen LogP contribution in [-0.2, 0) is 17.3 Å². The second-order valence-corrected chi connectivity index (χ2v) is 4.69. The van der Waals surface area contributed by atoms with E-state index in [4.69, 9.17) is 0 Å². The van der Waals surface area contributed by atoms with E-state index in [1.54, 1.807) is 0 Å². The molecular weight excluding hydrogens is 311 g/mol. The number of carbonyl (C=O) groups excluding carboxylic acids is 2. The minimum absolute atomic E-state index is 0.0550. The fraction of sp³-hybridized carbons (Fsp3) is 0.188. The molecule has 1 heterocycles. The van der Waals surface area contributed by atoms with E-state index < -0.39 is 29.1 Å². The molecule has 0 spiro atoms. The van der Waals surface area contributed by atoms with Crippen molar-refractivity contribution in [3.8, 4) is 0 Å². The molecule has 0 aliphatic rings. The molecule has 0 aliphatic carbocycles. The number of aromatic nitrogens is 1. The van der Waals surface area contributed by atoms with Gasteiger partial charge in [0.25, 0.3) is 0 Å². The molecule has 2 aromatic rings. The zero-order valence-electron chi connectivity index (χ0n) is 12.1. The SMILES string of the molecule is COC(=O)c1ccc(CC(=O)c2ccccc2C(F)(F)F)cn1. The van der Waals surface area contributed by atoms with Crippen molar-refractivity contribution in [2.45, 2.75) is 12.6 Å². The number of Topliss-reactive ketones (excluding diaryl/α,β-unsaturated/α-hetero) is 1. The van der Waals surface area contributed by atoms with Gasteiger partial charge in [-0.3, -0.25) is 4.79 Å². The van der Waals surface area contributed by atoms with Gasteiger partial charge in [-0.1, -0.05) is 24.3 Å². The molecule has 0 radical (unpaired) electrons. The van der Waals surface area contributed by atoms with Gasteiger partial charge >= 0.3 is 12.1 Å². The van der Waals surface area contributed by atoms with Crippen LogP contribution in [0.5, 0.6) is 0 Å². The van der Waals surface area contributed by atoms with Crippen molar-refractivity contribution in [3.05, 3.63) is 65.0 Å². The number of nitrogens with zero attached hydrogens (tertiary/aromatic N) is 1. The van der Waals surface area contributed by atoms with Crippen molar-refractivity contribution in [2.75, 3.05) is 7.11 Å². The van der Waals surface area contributed by atoms with Crippen molar-refractivity contribution in [3.63, 3.8) is 0 Å². The normalized spacial score (nSPS) is 11.1. The highest BCUT2D eigenvalue weighted by Crippen LogP contribution is 2.32. The summed E-state index contributed by atoms with van der Waals surface area (Å²) in [7, 11) is 1.20. The Morgan fingerprint density at radius 1 is 1.13 bits per heavy atom. The fourth-order valence-electron chi connectivity index (χ4n) is 2.01. The number of ketones is 1. The summed E-state index contributed by atoms with van der Waals surface area (Å²) in [6.07, 6.45) is -3.58. The largest absolute Gasteiger partial charge is 0.464 e. The van der Waals surface area contributed by atoms with E-state index in [9.17, 15) is 22.8 Å². The standard InChI is InChI=1S/C16H12F3NO3/c1-23-15(22)13-7-6-10(9-20-13)8-14(21)11-4-2-3-5-12(11)16(17,18)19/h2-7,9H,8H2,1H3. The Hall–Kier alpha value is -2.70. The fourth-order valence-corrected chi connectivity index (χ4v) is 2.01. The number of ether oxygens (including phenoxy) is 1. The van der Waals surface area contributed by atoms with Crippen molar-refractivity contribution in [1.29, 1.82) is 0 Å². The Morgan fingerprint density at radius 2 is 1.83 bits per heavy atom. The third-order valence-corrected chi connectivity index (χ3v) is 3.12. The first-order valence-electron chi connectivity index (χ1n) is 6.55. The van der Waals surface area contributed by atoms with Crippen molar-refractivity contribution in [2.24, 2.45) is 0 Å². The maximum Gasteiger partial charge on any atom is 0.417 e. The third-order valence-electron chi connectivity index (χ3n) is 3.12. The first-order valence-corrected chi connectivity index (χ1v) is 6.55. The number of pyridine rings is 1. The Labute approximate surface area is 129 Å². The molecule has 0 saturated carbocycles. The van der Waals surface area contributed by atoms with Crippen LogP contribution in [0.3, 0.4) is 0 Å². The second kappa shape index (κ2) is 6.60. The highest BCUT2D eigenvalue weighted by atomic mass is 19.4. The summed E-state index contributed by atoms with van der Waals surface area (Å²) in [5, 5.41) is 0. The Balaban J connectivity index is 2.22. The van der Waals surface area contributed by atoms with E-state index in [2.05, 4.69) is 9.72 Å². The maximum absolute atomic E-state index is 12.9. The van der Waals surface area contributed by atoms with E-state index in [0.717, 1.165) is 12.1 Å². The molecule has 0 atom stereocenters. The van der Waals surface area contributed by atoms with Gasteiger partial charge in [0.15, 0.2) is 5.78 Å². The lowest BCUT2D eigenvalue weighted by Gasteiger charge is -2.11. The molecule has 1 aromatic heterocycles. The molecule has 0 aliphatic heterocycles. The van der Waals surface area contributed by atoms with Crippen molar-refractivity contribution < 1.29 is 27.5 Å². The Bertz CT molecular complexity index is 724. The lowest BCUT2D eigenvalue weighted by atomic mass is 9.99. The molecule has 0 saturated heterocycles. The van der Waals surface area contributed by atoms with Gasteiger partial charge < -0.3 is 4.74 Å². The van der Waals surface area contributed by atoms with Gasteiger partial charge in [0.05, 0.1) is 12.7 Å². The molecule has 0 N–H and O–H groups in total. The number of methoxy groups -OCH3 is 1. The van der Waals surface area contributed by atoms with Gasteiger partial charge in [-0.2, -0.15) is 13.2 Å². The Kier molecular flexibility index (Phi) is 4.78. The van der Waals surface area contributed by atoms with E-state index in [1.807, 2.05) is 0 Å². The third kappa shape index (κ3) is 3.94. The number of alkyl halides is 3. The van der Waals surface area contributed by atoms with Gasteiger partial charge in [-0.15, -0.1) is 0 Å². The van der Waals surface area contributed by atoms with Crippen LogP contribution in [0.15, 0.2) is 42.6 Å². The summed E-state index contributed by atoms with van der Waals surface area (Å²) in [4.78, 5) is 27.2. The average Bonchev–Trinajstić information content (AvgIpc) is 2.54. The zero-order chi connectivity index (χ0) is 17.0. The number of hydrogen-bond acceptors (Lipinski definition) is 4. The highest BCUT2D eigenvalue weighted by molar-refractivity contribution is 5.99. The molecule has 1 aromatic carbocycles. The topological polar surface area (TPSA) is 56.3 Å². The van der Waals surface area contributed by atoms with Gasteiger partial charge in [0.2, 0.25) is 0 Å². The number of rotatable bonds is 4. The minimum atomic E-state index is -4.60. The molecule has 0 fully saturated rings. The average molecular weight is 323 g/mol. The van der Waals surface area contributed by atoms with Crippen LogP contribution in [-0.4, -0.2) is 23.8 Å².